The first kappa shape index (κ1) is 19.9. The number of benzene rings is 1. The second-order valence-corrected chi connectivity index (χ2v) is 9.07. The van der Waals surface area contributed by atoms with Crippen LogP contribution in [0.4, 0.5) is 4.79 Å². The van der Waals surface area contributed by atoms with Gasteiger partial charge in [0.15, 0.2) is 0 Å². The van der Waals surface area contributed by atoms with E-state index in [1.165, 1.54) is 24.0 Å². The summed E-state index contributed by atoms with van der Waals surface area (Å²) in [5.74, 6) is 0.644. The minimum atomic E-state index is -0.444. The van der Waals surface area contributed by atoms with Crippen LogP contribution >= 0.6 is 0 Å². The van der Waals surface area contributed by atoms with Gasteiger partial charge >= 0.3 is 6.09 Å². The molecule has 3 atom stereocenters. The highest BCUT2D eigenvalue weighted by molar-refractivity contribution is 5.69. The first-order valence-corrected chi connectivity index (χ1v) is 10.3. The molecule has 1 aromatic rings. The summed E-state index contributed by atoms with van der Waals surface area (Å²) in [5, 5.41) is 3.57. The number of hydrogen-bond acceptors (Lipinski definition) is 3. The SMILES string of the molecule is CC(=Cc1ccccc1)CNC[C@H]1C[C@@H]2CCC[C@@H]2N1C(=O)OC(C)(C)C. The van der Waals surface area contributed by atoms with Crippen molar-refractivity contribution in [3.8, 4) is 0 Å². The van der Waals surface area contributed by atoms with Crippen LogP contribution < -0.4 is 5.32 Å². The van der Waals surface area contributed by atoms with Crippen molar-refractivity contribution in [2.75, 3.05) is 13.1 Å². The van der Waals surface area contributed by atoms with Crippen LogP contribution in [0.3, 0.4) is 0 Å². The average molecular weight is 371 g/mol. The van der Waals surface area contributed by atoms with E-state index < -0.39 is 5.60 Å². The number of carbonyl (C=O) groups excluding carboxylic acids is 1. The topological polar surface area (TPSA) is 41.6 Å². The first-order valence-electron chi connectivity index (χ1n) is 10.3. The monoisotopic (exact) mass is 370 g/mol. The minimum absolute atomic E-state index is 0.139. The lowest BCUT2D eigenvalue weighted by atomic mass is 10.0. The van der Waals surface area contributed by atoms with Crippen LogP contribution in [0.25, 0.3) is 6.08 Å². The maximum atomic E-state index is 12.8. The molecule has 1 aromatic carbocycles. The summed E-state index contributed by atoms with van der Waals surface area (Å²) >= 11 is 0. The number of amides is 1. The number of hydrogen-bond donors (Lipinski definition) is 1. The lowest BCUT2D eigenvalue weighted by Crippen LogP contribution is -2.47. The molecule has 4 heteroatoms. The summed E-state index contributed by atoms with van der Waals surface area (Å²) in [6.07, 6.45) is 6.76. The molecule has 1 aliphatic heterocycles. The zero-order valence-electron chi connectivity index (χ0n) is 17.2. The lowest BCUT2D eigenvalue weighted by molar-refractivity contribution is 0.0140. The zero-order valence-corrected chi connectivity index (χ0v) is 17.2. The predicted octanol–water partition coefficient (Wildman–Crippen LogP) is 4.86. The second-order valence-electron chi connectivity index (χ2n) is 9.07. The summed E-state index contributed by atoms with van der Waals surface area (Å²) in [7, 11) is 0. The van der Waals surface area contributed by atoms with E-state index in [1.807, 2.05) is 31.7 Å². The fourth-order valence-electron chi connectivity index (χ4n) is 4.49. The van der Waals surface area contributed by atoms with Crippen molar-refractivity contribution in [3.63, 3.8) is 0 Å². The van der Waals surface area contributed by atoms with Gasteiger partial charge in [-0.25, -0.2) is 4.79 Å². The van der Waals surface area contributed by atoms with E-state index in [9.17, 15) is 4.79 Å². The second kappa shape index (κ2) is 8.47. The molecule has 27 heavy (non-hydrogen) atoms. The van der Waals surface area contributed by atoms with Crippen LogP contribution in [0.5, 0.6) is 0 Å². The third-order valence-corrected chi connectivity index (χ3v) is 5.55. The molecule has 1 saturated carbocycles. The Bertz CT molecular complexity index is 663. The zero-order chi connectivity index (χ0) is 19.4. The van der Waals surface area contributed by atoms with E-state index in [1.54, 1.807) is 0 Å². The number of likely N-dealkylation sites (tertiary alicyclic amines) is 1. The molecule has 1 N–H and O–H groups in total. The molecular weight excluding hydrogens is 336 g/mol. The third kappa shape index (κ3) is 5.35. The molecule has 2 aliphatic rings. The highest BCUT2D eigenvalue weighted by atomic mass is 16.6. The van der Waals surface area contributed by atoms with E-state index in [0.29, 0.717) is 12.0 Å². The quantitative estimate of drug-likeness (QED) is 0.805. The molecule has 1 heterocycles. The van der Waals surface area contributed by atoms with E-state index in [-0.39, 0.29) is 12.1 Å². The van der Waals surface area contributed by atoms with Gasteiger partial charge in [-0.05, 0) is 58.4 Å². The van der Waals surface area contributed by atoms with Gasteiger partial charge in [0.05, 0.1) is 0 Å². The average Bonchev–Trinajstić information content (AvgIpc) is 3.14. The van der Waals surface area contributed by atoms with Gasteiger partial charge in [0.2, 0.25) is 0 Å². The molecular formula is C23H34N2O2. The van der Waals surface area contributed by atoms with E-state index in [4.69, 9.17) is 4.74 Å². The van der Waals surface area contributed by atoms with Crippen molar-refractivity contribution < 1.29 is 9.53 Å². The Hall–Kier alpha value is -1.81. The number of fused-ring (bicyclic) bond motifs is 1. The van der Waals surface area contributed by atoms with E-state index in [0.717, 1.165) is 25.9 Å². The molecule has 1 amide bonds. The van der Waals surface area contributed by atoms with Crippen molar-refractivity contribution in [3.05, 3.63) is 41.5 Å². The molecule has 0 unspecified atom stereocenters. The summed E-state index contributed by atoms with van der Waals surface area (Å²) in [6.45, 7) is 9.64. The predicted molar refractivity (Wildman–Crippen MR) is 111 cm³/mol. The largest absolute Gasteiger partial charge is 0.444 e. The van der Waals surface area contributed by atoms with Gasteiger partial charge < -0.3 is 15.0 Å². The van der Waals surface area contributed by atoms with Crippen molar-refractivity contribution in [2.45, 2.75) is 71.1 Å². The van der Waals surface area contributed by atoms with Crippen LogP contribution in [0, 0.1) is 5.92 Å². The molecule has 0 bridgehead atoms. The van der Waals surface area contributed by atoms with Crippen LogP contribution in [0.1, 0.15) is 58.9 Å². The number of nitrogens with zero attached hydrogens (tertiary/aromatic N) is 1. The standard InChI is InChI=1S/C23H34N2O2/c1-17(13-18-9-6-5-7-10-18)15-24-16-20-14-19-11-8-12-21(19)25(20)22(26)27-23(2,3)4/h5-7,9-10,13,19-21,24H,8,11-12,14-16H2,1-4H3/t19-,20+,21-/m0/s1. The van der Waals surface area contributed by atoms with Crippen molar-refractivity contribution in [1.82, 2.24) is 10.2 Å². The minimum Gasteiger partial charge on any atom is -0.444 e. The Morgan fingerprint density at radius 1 is 1.26 bits per heavy atom. The summed E-state index contributed by atoms with van der Waals surface area (Å²) in [5.41, 5.74) is 2.08. The molecule has 0 aromatic heterocycles. The Labute approximate surface area is 164 Å². The Kier molecular flexibility index (Phi) is 6.25. The lowest BCUT2D eigenvalue weighted by Gasteiger charge is -2.32. The molecule has 3 rings (SSSR count). The number of carbonyl (C=O) groups is 1. The molecule has 1 saturated heterocycles. The molecule has 0 radical (unpaired) electrons. The van der Waals surface area contributed by atoms with Crippen molar-refractivity contribution >= 4 is 12.2 Å². The highest BCUT2D eigenvalue weighted by Gasteiger charge is 2.46. The Morgan fingerprint density at radius 3 is 2.70 bits per heavy atom. The smallest absolute Gasteiger partial charge is 0.410 e. The van der Waals surface area contributed by atoms with Gasteiger partial charge in [-0.15, -0.1) is 0 Å². The number of rotatable bonds is 5. The molecule has 0 spiro atoms. The van der Waals surface area contributed by atoms with Gasteiger partial charge in [-0.1, -0.05) is 48.4 Å². The van der Waals surface area contributed by atoms with Gasteiger partial charge in [0, 0.05) is 25.2 Å². The highest BCUT2D eigenvalue weighted by Crippen LogP contribution is 2.41. The maximum absolute atomic E-state index is 12.8. The first-order chi connectivity index (χ1) is 12.8. The summed E-state index contributed by atoms with van der Waals surface area (Å²) in [6, 6.07) is 11.0. The normalized spacial score (nSPS) is 25.6. The van der Waals surface area contributed by atoms with Crippen molar-refractivity contribution in [2.24, 2.45) is 5.92 Å². The van der Waals surface area contributed by atoms with Crippen LogP contribution in [-0.2, 0) is 4.74 Å². The fourth-order valence-corrected chi connectivity index (χ4v) is 4.49. The van der Waals surface area contributed by atoms with E-state index in [2.05, 4.69) is 42.6 Å². The Balaban J connectivity index is 1.57. The van der Waals surface area contributed by atoms with Gasteiger partial charge in [-0.3, -0.25) is 0 Å². The summed E-state index contributed by atoms with van der Waals surface area (Å²) < 4.78 is 5.71. The third-order valence-electron chi connectivity index (χ3n) is 5.55. The van der Waals surface area contributed by atoms with Crippen LogP contribution in [0.2, 0.25) is 0 Å². The molecule has 4 nitrogen and oxygen atoms in total. The van der Waals surface area contributed by atoms with Crippen LogP contribution in [-0.4, -0.2) is 41.8 Å². The van der Waals surface area contributed by atoms with Crippen LogP contribution in [0.15, 0.2) is 35.9 Å². The number of nitrogens with one attached hydrogen (secondary N) is 1. The maximum Gasteiger partial charge on any atom is 0.410 e. The number of ether oxygens (including phenoxy) is 1. The fraction of sp³-hybridized carbons (Fsp3) is 0.609. The Morgan fingerprint density at radius 2 is 2.00 bits per heavy atom. The van der Waals surface area contributed by atoms with E-state index >= 15 is 0 Å². The van der Waals surface area contributed by atoms with Crippen molar-refractivity contribution in [1.29, 1.82) is 0 Å². The summed E-state index contributed by atoms with van der Waals surface area (Å²) in [4.78, 5) is 14.9. The van der Waals surface area contributed by atoms with Gasteiger partial charge in [0.25, 0.3) is 0 Å². The van der Waals surface area contributed by atoms with Gasteiger partial charge in [0.1, 0.15) is 5.60 Å². The molecule has 2 fully saturated rings. The molecule has 1 aliphatic carbocycles. The molecule has 148 valence electrons. The van der Waals surface area contributed by atoms with Gasteiger partial charge in [-0.2, -0.15) is 0 Å².